The molecule has 0 aliphatic rings. The highest BCUT2D eigenvalue weighted by molar-refractivity contribution is 7.92. The molecule has 0 unspecified atom stereocenters. The molecule has 0 spiro atoms. The van der Waals surface area contributed by atoms with E-state index < -0.39 is 34.1 Å². The van der Waals surface area contributed by atoms with E-state index in [0.717, 1.165) is 32.8 Å². The molecular formula is C27H39N3O4S. The highest BCUT2D eigenvalue weighted by atomic mass is 32.2. The number of amides is 2. The van der Waals surface area contributed by atoms with Crippen LogP contribution in [0.2, 0.25) is 0 Å². The third-order valence-corrected chi connectivity index (χ3v) is 6.63. The van der Waals surface area contributed by atoms with Gasteiger partial charge in [0.15, 0.2) is 0 Å². The highest BCUT2D eigenvalue weighted by Crippen LogP contribution is 2.23. The van der Waals surface area contributed by atoms with Gasteiger partial charge in [0.25, 0.3) is 0 Å². The Morgan fingerprint density at radius 1 is 0.971 bits per heavy atom. The average Bonchev–Trinajstić information content (AvgIpc) is 2.68. The van der Waals surface area contributed by atoms with Crippen LogP contribution in [0.25, 0.3) is 0 Å². The van der Waals surface area contributed by atoms with Crippen molar-refractivity contribution in [3.63, 3.8) is 0 Å². The van der Waals surface area contributed by atoms with Crippen LogP contribution in [-0.2, 0) is 26.2 Å². The zero-order valence-electron chi connectivity index (χ0n) is 22.2. The summed E-state index contributed by atoms with van der Waals surface area (Å²) in [5.74, 6) is -0.703. The van der Waals surface area contributed by atoms with Crippen LogP contribution in [0, 0.1) is 20.8 Å². The number of sulfonamides is 1. The number of carbonyl (C=O) groups excluding carboxylic acids is 2. The quantitative estimate of drug-likeness (QED) is 0.560. The number of anilines is 1. The Morgan fingerprint density at radius 2 is 1.57 bits per heavy atom. The fourth-order valence-corrected chi connectivity index (χ4v) is 4.92. The van der Waals surface area contributed by atoms with Gasteiger partial charge in [-0.2, -0.15) is 0 Å². The molecule has 7 nitrogen and oxygen atoms in total. The van der Waals surface area contributed by atoms with Crippen LogP contribution >= 0.6 is 0 Å². The van der Waals surface area contributed by atoms with Gasteiger partial charge in [0.05, 0.1) is 11.9 Å². The number of aryl methyl sites for hydroxylation is 3. The van der Waals surface area contributed by atoms with Gasteiger partial charge in [0.2, 0.25) is 21.8 Å². The van der Waals surface area contributed by atoms with E-state index in [-0.39, 0.29) is 12.5 Å². The molecule has 192 valence electrons. The van der Waals surface area contributed by atoms with Gasteiger partial charge in [-0.1, -0.05) is 42.8 Å². The summed E-state index contributed by atoms with van der Waals surface area (Å²) in [6.45, 7) is 13.0. The van der Waals surface area contributed by atoms with Crippen molar-refractivity contribution in [2.45, 2.75) is 73.0 Å². The Kier molecular flexibility index (Phi) is 9.11. The Bertz CT molecular complexity index is 1150. The van der Waals surface area contributed by atoms with Crippen molar-refractivity contribution < 1.29 is 18.0 Å². The molecule has 0 fully saturated rings. The van der Waals surface area contributed by atoms with Gasteiger partial charge in [0.1, 0.15) is 12.6 Å². The van der Waals surface area contributed by atoms with E-state index in [1.54, 1.807) is 12.1 Å². The lowest BCUT2D eigenvalue weighted by molar-refractivity contribution is -0.141. The van der Waals surface area contributed by atoms with Gasteiger partial charge in [-0.3, -0.25) is 13.9 Å². The van der Waals surface area contributed by atoms with E-state index >= 15 is 0 Å². The number of benzene rings is 2. The maximum Gasteiger partial charge on any atom is 0.244 e. The zero-order chi connectivity index (χ0) is 26.6. The maximum absolute atomic E-state index is 13.7. The van der Waals surface area contributed by atoms with Crippen LogP contribution in [0.1, 0.15) is 56.4 Å². The summed E-state index contributed by atoms with van der Waals surface area (Å²) in [5.41, 5.74) is 3.66. The van der Waals surface area contributed by atoms with Crippen molar-refractivity contribution in [2.75, 3.05) is 17.1 Å². The van der Waals surface area contributed by atoms with E-state index in [1.165, 1.54) is 4.90 Å². The number of nitrogens with zero attached hydrogens (tertiary/aromatic N) is 2. The van der Waals surface area contributed by atoms with Crippen molar-refractivity contribution in [3.8, 4) is 0 Å². The number of nitrogens with one attached hydrogen (secondary N) is 1. The fourth-order valence-electron chi connectivity index (χ4n) is 4.09. The molecule has 2 aromatic rings. The molecule has 2 rings (SSSR count). The topological polar surface area (TPSA) is 86.8 Å². The monoisotopic (exact) mass is 501 g/mol. The van der Waals surface area contributed by atoms with Crippen molar-refractivity contribution in [2.24, 2.45) is 0 Å². The number of hydrogen-bond donors (Lipinski definition) is 1. The largest absolute Gasteiger partial charge is 0.350 e. The Hall–Kier alpha value is -2.87. The van der Waals surface area contributed by atoms with Crippen molar-refractivity contribution in [3.05, 3.63) is 64.7 Å². The molecule has 1 N–H and O–H groups in total. The first-order valence-electron chi connectivity index (χ1n) is 11.8. The Labute approximate surface area is 210 Å². The van der Waals surface area contributed by atoms with E-state index in [0.29, 0.717) is 12.1 Å². The average molecular weight is 502 g/mol. The van der Waals surface area contributed by atoms with Gasteiger partial charge in [-0.15, -0.1) is 0 Å². The second-order valence-electron chi connectivity index (χ2n) is 10.3. The molecule has 8 heteroatoms. The molecule has 0 aliphatic heterocycles. The predicted molar refractivity (Wildman–Crippen MR) is 142 cm³/mol. The molecule has 1 atom stereocenters. The Balaban J connectivity index is 2.49. The molecule has 0 radical (unpaired) electrons. The number of rotatable bonds is 9. The van der Waals surface area contributed by atoms with E-state index in [4.69, 9.17) is 0 Å². The number of carbonyl (C=O) groups is 2. The summed E-state index contributed by atoms with van der Waals surface area (Å²) in [5, 5.41) is 2.97. The van der Waals surface area contributed by atoms with Crippen LogP contribution in [0.5, 0.6) is 0 Å². The normalized spacial score (nSPS) is 12.7. The summed E-state index contributed by atoms with van der Waals surface area (Å²) in [4.78, 5) is 28.4. The van der Waals surface area contributed by atoms with Crippen molar-refractivity contribution >= 4 is 27.5 Å². The lowest BCUT2D eigenvalue weighted by atomic mass is 10.0. The fraction of sp³-hybridized carbons (Fsp3) is 0.481. The van der Waals surface area contributed by atoms with Gasteiger partial charge < -0.3 is 10.2 Å². The van der Waals surface area contributed by atoms with Gasteiger partial charge in [0, 0.05) is 12.1 Å². The predicted octanol–water partition coefficient (Wildman–Crippen LogP) is 4.10. The highest BCUT2D eigenvalue weighted by Gasteiger charge is 2.33. The van der Waals surface area contributed by atoms with E-state index in [9.17, 15) is 18.0 Å². The minimum Gasteiger partial charge on any atom is -0.350 e. The van der Waals surface area contributed by atoms with Crippen molar-refractivity contribution in [1.82, 2.24) is 10.2 Å². The second-order valence-corrected chi connectivity index (χ2v) is 12.2. The molecule has 0 saturated carbocycles. The first-order chi connectivity index (χ1) is 16.1. The van der Waals surface area contributed by atoms with Gasteiger partial charge in [-0.05, 0) is 76.8 Å². The minimum atomic E-state index is -3.76. The minimum absolute atomic E-state index is 0.195. The smallest absolute Gasteiger partial charge is 0.244 e. The standard InChI is InChI=1S/C27H39N3O4S/c1-9-24(26(32)28-27(5,6)7)29(17-22-12-10-11-19(2)14-22)25(31)18-30(35(8,33)34)23-15-20(3)13-21(4)16-23/h10-16,24H,9,17-18H2,1-8H3,(H,28,32)/t24-/m1/s1. The van der Waals surface area contributed by atoms with Crippen LogP contribution in [0.15, 0.2) is 42.5 Å². The number of hydrogen-bond acceptors (Lipinski definition) is 4. The first-order valence-corrected chi connectivity index (χ1v) is 13.7. The van der Waals surface area contributed by atoms with Crippen LogP contribution in [-0.4, -0.2) is 49.5 Å². The van der Waals surface area contributed by atoms with Crippen LogP contribution in [0.4, 0.5) is 5.69 Å². The molecule has 0 aromatic heterocycles. The summed E-state index contributed by atoms with van der Waals surface area (Å²) in [7, 11) is -3.76. The molecule has 0 bridgehead atoms. The summed E-state index contributed by atoms with van der Waals surface area (Å²) in [6, 6.07) is 12.4. The van der Waals surface area contributed by atoms with Crippen LogP contribution < -0.4 is 9.62 Å². The molecular weight excluding hydrogens is 462 g/mol. The molecule has 0 aliphatic carbocycles. The summed E-state index contributed by atoms with van der Waals surface area (Å²) < 4.78 is 26.6. The molecule has 0 saturated heterocycles. The second kappa shape index (κ2) is 11.2. The molecule has 2 aromatic carbocycles. The SMILES string of the molecule is CC[C@H](C(=O)NC(C)(C)C)N(Cc1cccc(C)c1)C(=O)CN(c1cc(C)cc(C)c1)S(C)(=O)=O. The Morgan fingerprint density at radius 3 is 2.06 bits per heavy atom. The third kappa shape index (κ3) is 8.38. The summed E-state index contributed by atoms with van der Waals surface area (Å²) >= 11 is 0. The zero-order valence-corrected chi connectivity index (χ0v) is 23.0. The van der Waals surface area contributed by atoms with E-state index in [1.807, 2.05) is 78.8 Å². The third-order valence-electron chi connectivity index (χ3n) is 5.49. The van der Waals surface area contributed by atoms with Gasteiger partial charge in [-0.25, -0.2) is 8.42 Å². The summed E-state index contributed by atoms with van der Waals surface area (Å²) in [6.07, 6.45) is 1.48. The van der Waals surface area contributed by atoms with E-state index in [2.05, 4.69) is 5.32 Å². The lowest BCUT2D eigenvalue weighted by Crippen LogP contribution is -2.55. The molecule has 2 amide bonds. The lowest BCUT2D eigenvalue weighted by Gasteiger charge is -2.34. The maximum atomic E-state index is 13.7. The first kappa shape index (κ1) is 28.4. The van der Waals surface area contributed by atoms with Gasteiger partial charge >= 0.3 is 0 Å². The molecule has 0 heterocycles. The van der Waals surface area contributed by atoms with Crippen LogP contribution in [0.3, 0.4) is 0 Å². The van der Waals surface area contributed by atoms with Crippen molar-refractivity contribution in [1.29, 1.82) is 0 Å². The molecule has 35 heavy (non-hydrogen) atoms.